The number of methoxy groups -OCH3 is 1. The highest BCUT2D eigenvalue weighted by Crippen LogP contribution is 2.13. The van der Waals surface area contributed by atoms with Gasteiger partial charge < -0.3 is 14.8 Å². The summed E-state index contributed by atoms with van der Waals surface area (Å²) in [5, 5.41) is 2.76. The molecule has 1 aromatic rings. The molecule has 0 aromatic carbocycles. The van der Waals surface area contributed by atoms with Crippen LogP contribution in [0.25, 0.3) is 0 Å². The fraction of sp³-hybridized carbons (Fsp3) is 0.806. The molecule has 0 aliphatic carbocycles. The van der Waals surface area contributed by atoms with Crippen LogP contribution in [0.15, 0.2) is 30.6 Å². The first kappa shape index (κ1) is 35.4. The van der Waals surface area contributed by atoms with E-state index in [1.807, 2.05) is 35.2 Å². The molecule has 226 valence electrons. The van der Waals surface area contributed by atoms with Crippen LogP contribution in [0.4, 0.5) is 4.79 Å². The van der Waals surface area contributed by atoms with E-state index < -0.39 is 22.0 Å². The molecular weight excluding hydrogens is 512 g/mol. The van der Waals surface area contributed by atoms with E-state index in [9.17, 15) is 13.2 Å². The Hall–Kier alpha value is -1.67. The van der Waals surface area contributed by atoms with Crippen LogP contribution in [-0.2, 0) is 25.9 Å². The highest BCUT2D eigenvalue weighted by molar-refractivity contribution is 7.91. The van der Waals surface area contributed by atoms with Gasteiger partial charge in [0.15, 0.2) is 22.2 Å². The molecule has 0 aliphatic heterocycles. The van der Waals surface area contributed by atoms with E-state index >= 15 is 0 Å². The number of aromatic nitrogens is 1. The Morgan fingerprint density at radius 1 is 0.769 bits per heavy atom. The number of carbonyl (C=O) groups excluding carboxylic acids is 1. The van der Waals surface area contributed by atoms with Gasteiger partial charge in [-0.1, -0.05) is 109 Å². The summed E-state index contributed by atoms with van der Waals surface area (Å²) in [6.07, 6.45) is 24.2. The van der Waals surface area contributed by atoms with Gasteiger partial charge in [0.05, 0.1) is 11.5 Å². The molecular formula is C31H57N2O5S+. The smallest absolute Gasteiger partial charge is 0.407 e. The summed E-state index contributed by atoms with van der Waals surface area (Å²) in [4.78, 5) is 12.0. The number of rotatable bonds is 26. The first-order chi connectivity index (χ1) is 19.0. The fourth-order valence-electron chi connectivity index (χ4n) is 4.68. The molecule has 1 rings (SSSR count). The topological polar surface area (TPSA) is 85.6 Å². The fourth-order valence-corrected chi connectivity index (χ4v) is 6.22. The summed E-state index contributed by atoms with van der Waals surface area (Å²) in [5.74, 6) is -0.0877. The van der Waals surface area contributed by atoms with Gasteiger partial charge in [0, 0.05) is 32.2 Å². The second kappa shape index (κ2) is 24.2. The maximum Gasteiger partial charge on any atom is 0.407 e. The summed E-state index contributed by atoms with van der Waals surface area (Å²) in [6.45, 7) is 3.40. The van der Waals surface area contributed by atoms with Crippen molar-refractivity contribution in [1.29, 1.82) is 0 Å². The maximum absolute atomic E-state index is 12.4. The SMILES string of the molecule is CCCCCCCCCCCCCCCCCCNC(=O)OCC(CS(=O)(=O)CCC[n+]1ccccc1)OC. The molecule has 0 saturated heterocycles. The number of aryl methyl sites for hydroxylation is 1. The third-order valence-corrected chi connectivity index (χ3v) is 8.91. The van der Waals surface area contributed by atoms with Crippen molar-refractivity contribution >= 4 is 15.9 Å². The van der Waals surface area contributed by atoms with Gasteiger partial charge in [-0.2, -0.15) is 0 Å². The molecule has 1 unspecified atom stereocenters. The third-order valence-electron chi connectivity index (χ3n) is 7.12. The molecule has 1 N–H and O–H groups in total. The van der Waals surface area contributed by atoms with Gasteiger partial charge in [-0.05, 0) is 6.42 Å². The molecule has 0 fully saturated rings. The molecule has 0 bridgehead atoms. The van der Waals surface area contributed by atoms with Gasteiger partial charge in [0.1, 0.15) is 19.3 Å². The van der Waals surface area contributed by atoms with E-state index in [0.717, 1.165) is 12.8 Å². The summed E-state index contributed by atoms with van der Waals surface area (Å²) < 4.78 is 37.3. The number of unbranched alkanes of at least 4 members (excludes halogenated alkanes) is 15. The molecule has 0 spiro atoms. The lowest BCUT2D eigenvalue weighted by Gasteiger charge is -2.16. The van der Waals surface area contributed by atoms with E-state index in [4.69, 9.17) is 9.47 Å². The minimum atomic E-state index is -3.31. The lowest BCUT2D eigenvalue weighted by Crippen LogP contribution is -2.35. The van der Waals surface area contributed by atoms with Crippen LogP contribution in [0.5, 0.6) is 0 Å². The molecule has 1 atom stereocenters. The number of nitrogens with one attached hydrogen (secondary N) is 1. The zero-order chi connectivity index (χ0) is 28.4. The summed E-state index contributed by atoms with van der Waals surface area (Å²) in [6, 6.07) is 5.75. The van der Waals surface area contributed by atoms with Crippen molar-refractivity contribution in [2.24, 2.45) is 0 Å². The average Bonchev–Trinajstić information content (AvgIpc) is 2.93. The van der Waals surface area contributed by atoms with Crippen molar-refractivity contribution in [2.75, 3.05) is 31.8 Å². The summed E-state index contributed by atoms with van der Waals surface area (Å²) in [7, 11) is -1.86. The van der Waals surface area contributed by atoms with Gasteiger partial charge in [-0.15, -0.1) is 0 Å². The number of ether oxygens (including phenoxy) is 2. The van der Waals surface area contributed by atoms with Crippen LogP contribution in [-0.4, -0.2) is 52.4 Å². The first-order valence-electron chi connectivity index (χ1n) is 15.5. The lowest BCUT2D eigenvalue weighted by molar-refractivity contribution is -0.696. The van der Waals surface area contributed by atoms with Crippen LogP contribution in [0.2, 0.25) is 0 Å². The molecule has 0 aliphatic rings. The van der Waals surface area contributed by atoms with Gasteiger partial charge in [-0.3, -0.25) is 0 Å². The predicted octanol–water partition coefficient (Wildman–Crippen LogP) is 6.78. The molecule has 8 heteroatoms. The van der Waals surface area contributed by atoms with Crippen molar-refractivity contribution in [3.8, 4) is 0 Å². The number of alkyl carbamates (subject to hydrolysis) is 1. The Bertz CT molecular complexity index is 804. The Morgan fingerprint density at radius 3 is 1.79 bits per heavy atom. The van der Waals surface area contributed by atoms with Gasteiger partial charge in [0.25, 0.3) is 0 Å². The van der Waals surface area contributed by atoms with Gasteiger partial charge in [0.2, 0.25) is 0 Å². The lowest BCUT2D eigenvalue weighted by atomic mass is 10.0. The number of pyridine rings is 1. The van der Waals surface area contributed by atoms with Crippen LogP contribution >= 0.6 is 0 Å². The largest absolute Gasteiger partial charge is 0.447 e. The van der Waals surface area contributed by atoms with Crippen molar-refractivity contribution in [3.63, 3.8) is 0 Å². The maximum atomic E-state index is 12.4. The number of nitrogens with zero attached hydrogens (tertiary/aromatic N) is 1. The summed E-state index contributed by atoms with van der Waals surface area (Å²) in [5.41, 5.74) is 0. The average molecular weight is 570 g/mol. The van der Waals surface area contributed by atoms with E-state index in [1.165, 1.54) is 97.0 Å². The second-order valence-electron chi connectivity index (χ2n) is 10.8. The Labute approximate surface area is 239 Å². The number of hydrogen-bond donors (Lipinski definition) is 1. The van der Waals surface area contributed by atoms with Crippen LogP contribution in [0.1, 0.15) is 116 Å². The highest BCUT2D eigenvalue weighted by atomic mass is 32.2. The predicted molar refractivity (Wildman–Crippen MR) is 160 cm³/mol. The molecule has 39 heavy (non-hydrogen) atoms. The quantitative estimate of drug-likeness (QED) is 0.0982. The van der Waals surface area contributed by atoms with E-state index in [2.05, 4.69) is 12.2 Å². The Morgan fingerprint density at radius 2 is 1.28 bits per heavy atom. The number of amides is 1. The van der Waals surface area contributed by atoms with Crippen LogP contribution in [0, 0.1) is 0 Å². The van der Waals surface area contributed by atoms with Crippen LogP contribution < -0.4 is 9.88 Å². The van der Waals surface area contributed by atoms with Gasteiger partial charge >= 0.3 is 6.09 Å². The zero-order valence-electron chi connectivity index (χ0n) is 24.9. The van der Waals surface area contributed by atoms with Gasteiger partial charge in [-0.25, -0.2) is 17.8 Å². The first-order valence-corrected chi connectivity index (χ1v) is 17.4. The monoisotopic (exact) mass is 569 g/mol. The molecule has 1 amide bonds. The zero-order valence-corrected chi connectivity index (χ0v) is 25.7. The molecule has 7 nitrogen and oxygen atoms in total. The highest BCUT2D eigenvalue weighted by Gasteiger charge is 2.21. The summed E-state index contributed by atoms with van der Waals surface area (Å²) >= 11 is 0. The van der Waals surface area contributed by atoms with Crippen molar-refractivity contribution in [1.82, 2.24) is 5.32 Å². The van der Waals surface area contributed by atoms with E-state index in [0.29, 0.717) is 19.5 Å². The standard InChI is InChI=1S/C31H56N2O5S/c1-3-4-5-6-7-8-9-10-11-12-13-14-15-16-17-19-23-32-31(34)38-28-30(37-2)29-39(35,36)27-22-26-33-24-20-18-21-25-33/h18,20-21,24-25,30H,3-17,19,22-23,26-29H2,1-2H3/p+1. The molecule has 0 saturated carbocycles. The molecule has 1 heterocycles. The van der Waals surface area contributed by atoms with Crippen LogP contribution in [0.3, 0.4) is 0 Å². The number of hydrogen-bond acceptors (Lipinski definition) is 5. The molecule has 1 aromatic heterocycles. The number of carbonyl (C=O) groups is 1. The van der Waals surface area contributed by atoms with Crippen molar-refractivity contribution in [3.05, 3.63) is 30.6 Å². The minimum Gasteiger partial charge on any atom is -0.447 e. The van der Waals surface area contributed by atoms with Crippen molar-refractivity contribution in [2.45, 2.75) is 129 Å². The molecule has 0 radical (unpaired) electrons. The Kier molecular flexibility index (Phi) is 21.9. The Balaban J connectivity index is 1.95. The second-order valence-corrected chi connectivity index (χ2v) is 13.0. The van der Waals surface area contributed by atoms with E-state index in [1.54, 1.807) is 0 Å². The van der Waals surface area contributed by atoms with Crippen molar-refractivity contribution < 1.29 is 27.3 Å². The minimum absolute atomic E-state index is 0.0696. The van der Waals surface area contributed by atoms with E-state index in [-0.39, 0.29) is 18.1 Å². The normalized spacial score (nSPS) is 12.4. The third kappa shape index (κ3) is 21.8. The number of sulfone groups is 1.